The van der Waals surface area contributed by atoms with Crippen molar-refractivity contribution in [2.45, 2.75) is 26.3 Å². The lowest BCUT2D eigenvalue weighted by Gasteiger charge is -2.32. The molecule has 1 aromatic rings. The molecular formula is C15H26N2O. The van der Waals surface area contributed by atoms with Crippen LogP contribution in [0.1, 0.15) is 30.5 Å². The Balaban J connectivity index is 3.23. The Morgan fingerprint density at radius 3 is 2.44 bits per heavy atom. The molecule has 2 unspecified atom stereocenters. The lowest BCUT2D eigenvalue weighted by molar-refractivity contribution is 0.205. The van der Waals surface area contributed by atoms with Gasteiger partial charge in [0.15, 0.2) is 0 Å². The molecule has 0 fully saturated rings. The monoisotopic (exact) mass is 250 g/mol. The SMILES string of the molecule is CCC(CN)C(c1cc(C)ccc1OC)N(C)C. The van der Waals surface area contributed by atoms with E-state index >= 15 is 0 Å². The van der Waals surface area contributed by atoms with E-state index in [-0.39, 0.29) is 0 Å². The molecule has 102 valence electrons. The van der Waals surface area contributed by atoms with Crippen molar-refractivity contribution in [3.05, 3.63) is 29.3 Å². The summed E-state index contributed by atoms with van der Waals surface area (Å²) in [5, 5.41) is 0. The molecular weight excluding hydrogens is 224 g/mol. The molecule has 0 aliphatic carbocycles. The van der Waals surface area contributed by atoms with Crippen LogP contribution in [0.3, 0.4) is 0 Å². The van der Waals surface area contributed by atoms with Crippen molar-refractivity contribution in [3.63, 3.8) is 0 Å². The maximum Gasteiger partial charge on any atom is 0.123 e. The van der Waals surface area contributed by atoms with E-state index in [0.29, 0.717) is 18.5 Å². The number of nitrogens with zero attached hydrogens (tertiary/aromatic N) is 1. The van der Waals surface area contributed by atoms with E-state index in [2.05, 4.69) is 45.0 Å². The van der Waals surface area contributed by atoms with Crippen LogP contribution in [0.15, 0.2) is 18.2 Å². The third-order valence-electron chi connectivity index (χ3n) is 3.53. The maximum atomic E-state index is 5.92. The summed E-state index contributed by atoms with van der Waals surface area (Å²) in [6.07, 6.45) is 1.07. The average molecular weight is 250 g/mol. The molecule has 2 N–H and O–H groups in total. The fourth-order valence-electron chi connectivity index (χ4n) is 2.56. The van der Waals surface area contributed by atoms with Crippen molar-refractivity contribution in [2.75, 3.05) is 27.7 Å². The summed E-state index contributed by atoms with van der Waals surface area (Å²) in [5.41, 5.74) is 8.41. The Kier molecular flexibility index (Phi) is 5.63. The van der Waals surface area contributed by atoms with Crippen molar-refractivity contribution in [3.8, 4) is 5.75 Å². The molecule has 0 amide bonds. The van der Waals surface area contributed by atoms with Gasteiger partial charge in [0.25, 0.3) is 0 Å². The second kappa shape index (κ2) is 6.76. The molecule has 0 heterocycles. The maximum absolute atomic E-state index is 5.92. The van der Waals surface area contributed by atoms with E-state index in [1.807, 2.05) is 6.07 Å². The predicted octanol–water partition coefficient (Wildman–Crippen LogP) is 2.59. The minimum atomic E-state index is 0.301. The molecule has 2 atom stereocenters. The third-order valence-corrected chi connectivity index (χ3v) is 3.53. The van der Waals surface area contributed by atoms with Gasteiger partial charge in [-0.1, -0.05) is 31.0 Å². The van der Waals surface area contributed by atoms with Gasteiger partial charge in [0, 0.05) is 11.6 Å². The molecule has 3 nitrogen and oxygen atoms in total. The highest BCUT2D eigenvalue weighted by Crippen LogP contribution is 2.35. The van der Waals surface area contributed by atoms with Gasteiger partial charge in [0.2, 0.25) is 0 Å². The Morgan fingerprint density at radius 1 is 1.33 bits per heavy atom. The van der Waals surface area contributed by atoms with Crippen LogP contribution in [-0.4, -0.2) is 32.6 Å². The van der Waals surface area contributed by atoms with Crippen LogP contribution in [-0.2, 0) is 0 Å². The molecule has 0 bridgehead atoms. The van der Waals surface area contributed by atoms with Gasteiger partial charge in [-0.25, -0.2) is 0 Å². The summed E-state index contributed by atoms with van der Waals surface area (Å²) >= 11 is 0. The zero-order valence-corrected chi connectivity index (χ0v) is 12.2. The minimum absolute atomic E-state index is 0.301. The van der Waals surface area contributed by atoms with Crippen molar-refractivity contribution in [2.24, 2.45) is 11.7 Å². The summed E-state index contributed by atoms with van der Waals surface area (Å²) in [7, 11) is 5.93. The van der Waals surface area contributed by atoms with E-state index in [9.17, 15) is 0 Å². The quantitative estimate of drug-likeness (QED) is 0.843. The first-order valence-electron chi connectivity index (χ1n) is 6.56. The number of hydrogen-bond acceptors (Lipinski definition) is 3. The van der Waals surface area contributed by atoms with Crippen molar-refractivity contribution < 1.29 is 4.74 Å². The number of methoxy groups -OCH3 is 1. The van der Waals surface area contributed by atoms with Gasteiger partial charge in [-0.3, -0.25) is 0 Å². The lowest BCUT2D eigenvalue weighted by Crippen LogP contribution is -2.32. The van der Waals surface area contributed by atoms with E-state index in [1.165, 1.54) is 11.1 Å². The molecule has 0 saturated carbocycles. The van der Waals surface area contributed by atoms with Crippen LogP contribution < -0.4 is 10.5 Å². The van der Waals surface area contributed by atoms with Crippen molar-refractivity contribution in [1.82, 2.24) is 4.90 Å². The third kappa shape index (κ3) is 3.24. The molecule has 1 rings (SSSR count). The first kappa shape index (κ1) is 15.0. The number of nitrogens with two attached hydrogens (primary N) is 1. The number of rotatable bonds is 6. The second-order valence-corrected chi connectivity index (χ2v) is 5.06. The second-order valence-electron chi connectivity index (χ2n) is 5.06. The van der Waals surface area contributed by atoms with E-state index in [1.54, 1.807) is 7.11 Å². The highest BCUT2D eigenvalue weighted by Gasteiger charge is 2.25. The zero-order chi connectivity index (χ0) is 13.7. The first-order valence-corrected chi connectivity index (χ1v) is 6.56. The van der Waals surface area contributed by atoms with Crippen LogP contribution in [0, 0.1) is 12.8 Å². The number of benzene rings is 1. The minimum Gasteiger partial charge on any atom is -0.496 e. The van der Waals surface area contributed by atoms with Gasteiger partial charge in [0.05, 0.1) is 7.11 Å². The van der Waals surface area contributed by atoms with Gasteiger partial charge in [-0.2, -0.15) is 0 Å². The Bertz CT molecular complexity index is 373. The number of aryl methyl sites for hydroxylation is 1. The molecule has 0 aliphatic heterocycles. The van der Waals surface area contributed by atoms with Crippen LogP contribution in [0.2, 0.25) is 0 Å². The van der Waals surface area contributed by atoms with Crippen molar-refractivity contribution in [1.29, 1.82) is 0 Å². The molecule has 0 saturated heterocycles. The lowest BCUT2D eigenvalue weighted by atomic mass is 9.88. The topological polar surface area (TPSA) is 38.5 Å². The normalized spacial score (nSPS) is 14.6. The van der Waals surface area contributed by atoms with Crippen LogP contribution in [0.4, 0.5) is 0 Å². The largest absolute Gasteiger partial charge is 0.496 e. The highest BCUT2D eigenvalue weighted by atomic mass is 16.5. The van der Waals surface area contributed by atoms with E-state index in [0.717, 1.165) is 12.2 Å². The molecule has 0 spiro atoms. The van der Waals surface area contributed by atoms with Crippen LogP contribution >= 0.6 is 0 Å². The fourth-order valence-corrected chi connectivity index (χ4v) is 2.56. The van der Waals surface area contributed by atoms with Gasteiger partial charge in [-0.05, 0) is 39.5 Å². The van der Waals surface area contributed by atoms with E-state index in [4.69, 9.17) is 10.5 Å². The summed E-state index contributed by atoms with van der Waals surface area (Å²) < 4.78 is 5.50. The molecule has 0 aliphatic rings. The van der Waals surface area contributed by atoms with Gasteiger partial charge < -0.3 is 15.4 Å². The van der Waals surface area contributed by atoms with Gasteiger partial charge >= 0.3 is 0 Å². The van der Waals surface area contributed by atoms with Gasteiger partial charge in [-0.15, -0.1) is 0 Å². The predicted molar refractivity (Wildman–Crippen MR) is 77.0 cm³/mol. The smallest absolute Gasteiger partial charge is 0.123 e. The summed E-state index contributed by atoms with van der Waals surface area (Å²) in [4.78, 5) is 2.23. The van der Waals surface area contributed by atoms with Gasteiger partial charge in [0.1, 0.15) is 5.75 Å². The van der Waals surface area contributed by atoms with Crippen LogP contribution in [0.5, 0.6) is 5.75 Å². The Hall–Kier alpha value is -1.06. The zero-order valence-electron chi connectivity index (χ0n) is 12.2. The average Bonchev–Trinajstić information content (AvgIpc) is 2.35. The molecule has 0 aromatic heterocycles. The molecule has 1 aromatic carbocycles. The number of ether oxygens (including phenoxy) is 1. The van der Waals surface area contributed by atoms with Crippen molar-refractivity contribution >= 4 is 0 Å². The summed E-state index contributed by atoms with van der Waals surface area (Å²) in [5.74, 6) is 1.39. The number of hydrogen-bond donors (Lipinski definition) is 1. The molecule has 3 heteroatoms. The fraction of sp³-hybridized carbons (Fsp3) is 0.600. The van der Waals surface area contributed by atoms with Crippen LogP contribution in [0.25, 0.3) is 0 Å². The Morgan fingerprint density at radius 2 is 2.00 bits per heavy atom. The molecule has 0 radical (unpaired) electrons. The first-order chi connectivity index (χ1) is 8.54. The standard InChI is InChI=1S/C15H26N2O/c1-6-12(10-16)15(17(3)4)13-9-11(2)7-8-14(13)18-5/h7-9,12,15H,6,10,16H2,1-5H3. The summed E-state index contributed by atoms with van der Waals surface area (Å²) in [6, 6.07) is 6.64. The highest BCUT2D eigenvalue weighted by molar-refractivity contribution is 5.39. The van der Waals surface area contributed by atoms with E-state index < -0.39 is 0 Å². The molecule has 18 heavy (non-hydrogen) atoms. The summed E-state index contributed by atoms with van der Waals surface area (Å²) in [6.45, 7) is 4.99. The Labute approximate surface area is 111 Å².